The summed E-state index contributed by atoms with van der Waals surface area (Å²) >= 11 is 0. The smallest absolute Gasteiger partial charge is 0.0474 e. The molecule has 98 valence electrons. The van der Waals surface area contributed by atoms with Gasteiger partial charge in [0.1, 0.15) is 0 Å². The van der Waals surface area contributed by atoms with Gasteiger partial charge in [-0.2, -0.15) is 0 Å². The van der Waals surface area contributed by atoms with E-state index in [0.29, 0.717) is 0 Å². The molecule has 0 saturated heterocycles. The Balaban J connectivity index is 2.26. The summed E-state index contributed by atoms with van der Waals surface area (Å²) in [5.74, 6) is 0. The quantitative estimate of drug-likeness (QED) is 0.229. The molecule has 0 radical (unpaired) electrons. The Morgan fingerprint density at radius 1 is 0.476 bits per heavy atom. The van der Waals surface area contributed by atoms with Gasteiger partial charge in [-0.1, -0.05) is 66.7 Å². The van der Waals surface area contributed by atoms with Crippen molar-refractivity contribution in [2.75, 3.05) is 5.73 Å². The van der Waals surface area contributed by atoms with E-state index in [2.05, 4.69) is 66.7 Å². The van der Waals surface area contributed by atoms with Crippen LogP contribution in [0.15, 0.2) is 66.7 Å². The largest absolute Gasteiger partial charge is 0.398 e. The van der Waals surface area contributed by atoms with Crippen LogP contribution in [0.1, 0.15) is 0 Å². The topological polar surface area (TPSA) is 26.0 Å². The Labute approximate surface area is 121 Å². The van der Waals surface area contributed by atoms with Gasteiger partial charge < -0.3 is 5.73 Å². The third-order valence-corrected chi connectivity index (χ3v) is 4.57. The molecular weight excluding hydrogens is 254 g/mol. The average Bonchev–Trinajstić information content (AvgIpc) is 2.55. The first-order chi connectivity index (χ1) is 10.3. The highest BCUT2D eigenvalue weighted by molar-refractivity contribution is 6.32. The lowest BCUT2D eigenvalue weighted by Gasteiger charge is -2.15. The lowest BCUT2D eigenvalue weighted by molar-refractivity contribution is 1.77. The van der Waals surface area contributed by atoms with E-state index in [1.807, 2.05) is 0 Å². The maximum Gasteiger partial charge on any atom is 0.0474 e. The van der Waals surface area contributed by atoms with Crippen LogP contribution in [0, 0.1) is 0 Å². The van der Waals surface area contributed by atoms with Crippen LogP contribution in [0.5, 0.6) is 0 Å². The number of hydrogen-bond donors (Lipinski definition) is 1. The zero-order chi connectivity index (χ0) is 14.0. The van der Waals surface area contributed by atoms with E-state index in [4.69, 9.17) is 5.73 Å². The number of benzene rings is 5. The van der Waals surface area contributed by atoms with Crippen molar-refractivity contribution < 1.29 is 0 Å². The van der Waals surface area contributed by atoms with Gasteiger partial charge in [-0.15, -0.1) is 0 Å². The molecule has 0 unspecified atom stereocenters. The van der Waals surface area contributed by atoms with Crippen molar-refractivity contribution in [3.8, 4) is 0 Å². The number of anilines is 1. The van der Waals surface area contributed by atoms with Gasteiger partial charge in [-0.3, -0.25) is 0 Å². The summed E-state index contributed by atoms with van der Waals surface area (Å²) in [5.41, 5.74) is 7.35. The van der Waals surface area contributed by atoms with Crippen molar-refractivity contribution >= 4 is 48.8 Å². The summed E-state index contributed by atoms with van der Waals surface area (Å²) in [4.78, 5) is 0. The van der Waals surface area contributed by atoms with E-state index in [1.165, 1.54) is 32.3 Å². The zero-order valence-electron chi connectivity index (χ0n) is 11.4. The lowest BCUT2D eigenvalue weighted by Crippen LogP contribution is -1.92. The van der Waals surface area contributed by atoms with E-state index < -0.39 is 0 Å². The molecule has 0 fully saturated rings. The molecule has 0 aliphatic carbocycles. The highest BCUT2D eigenvalue weighted by Gasteiger charge is 2.13. The first-order valence-corrected chi connectivity index (χ1v) is 7.18. The van der Waals surface area contributed by atoms with Crippen LogP contribution in [-0.4, -0.2) is 0 Å². The number of nitrogen functional groups attached to an aromatic ring is 1. The average molecular weight is 267 g/mol. The van der Waals surface area contributed by atoms with Crippen LogP contribution >= 0.6 is 0 Å². The summed E-state index contributed by atoms with van der Waals surface area (Å²) in [6.07, 6.45) is 0. The van der Waals surface area contributed by atoms with E-state index >= 15 is 0 Å². The van der Waals surface area contributed by atoms with Gasteiger partial charge in [0.25, 0.3) is 0 Å². The van der Waals surface area contributed by atoms with Crippen molar-refractivity contribution in [2.45, 2.75) is 0 Å². The van der Waals surface area contributed by atoms with Gasteiger partial charge in [0.05, 0.1) is 0 Å². The summed E-state index contributed by atoms with van der Waals surface area (Å²) in [6, 6.07) is 23.6. The van der Waals surface area contributed by atoms with Gasteiger partial charge in [-0.25, -0.2) is 0 Å². The highest BCUT2D eigenvalue weighted by Crippen LogP contribution is 2.41. The molecule has 5 aromatic carbocycles. The molecular formula is C20H13N. The van der Waals surface area contributed by atoms with Crippen LogP contribution in [0.25, 0.3) is 43.1 Å². The fraction of sp³-hybridized carbons (Fsp3) is 0. The van der Waals surface area contributed by atoms with E-state index in [9.17, 15) is 0 Å². The van der Waals surface area contributed by atoms with Crippen LogP contribution in [0.2, 0.25) is 0 Å². The molecule has 2 N–H and O–H groups in total. The van der Waals surface area contributed by atoms with Crippen molar-refractivity contribution in [1.82, 2.24) is 0 Å². The van der Waals surface area contributed by atoms with Gasteiger partial charge in [0, 0.05) is 21.8 Å². The number of fused-ring (bicyclic) bond motifs is 2. The Bertz CT molecular complexity index is 1120. The molecule has 1 nitrogen and oxygen atoms in total. The number of hydrogen-bond acceptors (Lipinski definition) is 1. The number of nitrogens with two attached hydrogens (primary N) is 1. The summed E-state index contributed by atoms with van der Waals surface area (Å²) < 4.78 is 0. The molecule has 1 heteroatoms. The molecule has 0 aliphatic heterocycles. The number of rotatable bonds is 0. The molecule has 0 atom stereocenters. The Morgan fingerprint density at radius 2 is 1.14 bits per heavy atom. The van der Waals surface area contributed by atoms with Gasteiger partial charge in [-0.05, 0) is 26.9 Å². The summed E-state index contributed by atoms with van der Waals surface area (Å²) in [7, 11) is 0. The van der Waals surface area contributed by atoms with Crippen molar-refractivity contribution in [1.29, 1.82) is 0 Å². The van der Waals surface area contributed by atoms with Crippen LogP contribution in [0.4, 0.5) is 5.69 Å². The maximum absolute atomic E-state index is 6.46. The van der Waals surface area contributed by atoms with Crippen LogP contribution in [0.3, 0.4) is 0 Å². The molecule has 5 aromatic rings. The summed E-state index contributed by atoms with van der Waals surface area (Å²) in [6.45, 7) is 0. The summed E-state index contributed by atoms with van der Waals surface area (Å²) in [5, 5.41) is 10.0. The van der Waals surface area contributed by atoms with E-state index in [-0.39, 0.29) is 0 Å². The standard InChI is InChI=1S/C20H13N/c21-20-16-7-2-1-6-14(16)15-10-8-12-4-3-5-13-9-11-17(20)19(15)18(12)13/h1-11H,21H2. The van der Waals surface area contributed by atoms with E-state index in [1.54, 1.807) is 0 Å². The zero-order valence-corrected chi connectivity index (χ0v) is 11.4. The predicted molar refractivity (Wildman–Crippen MR) is 92.1 cm³/mol. The predicted octanol–water partition coefficient (Wildman–Crippen LogP) is 5.32. The molecule has 0 spiro atoms. The Morgan fingerprint density at radius 3 is 1.90 bits per heavy atom. The van der Waals surface area contributed by atoms with Gasteiger partial charge in [0.15, 0.2) is 0 Å². The minimum Gasteiger partial charge on any atom is -0.398 e. The normalized spacial score (nSPS) is 12.0. The van der Waals surface area contributed by atoms with E-state index in [0.717, 1.165) is 16.5 Å². The fourth-order valence-electron chi connectivity index (χ4n) is 3.63. The maximum atomic E-state index is 6.46. The van der Waals surface area contributed by atoms with Crippen molar-refractivity contribution in [3.63, 3.8) is 0 Å². The van der Waals surface area contributed by atoms with Crippen molar-refractivity contribution in [3.05, 3.63) is 66.7 Å². The molecule has 0 aromatic heterocycles. The van der Waals surface area contributed by atoms with Crippen LogP contribution in [-0.2, 0) is 0 Å². The Kier molecular flexibility index (Phi) is 1.90. The molecule has 0 saturated carbocycles. The van der Waals surface area contributed by atoms with Crippen molar-refractivity contribution in [2.24, 2.45) is 0 Å². The first kappa shape index (κ1) is 10.9. The minimum absolute atomic E-state index is 0.886. The highest BCUT2D eigenvalue weighted by atomic mass is 14.6. The monoisotopic (exact) mass is 267 g/mol. The molecule has 21 heavy (non-hydrogen) atoms. The van der Waals surface area contributed by atoms with Crippen LogP contribution < -0.4 is 5.73 Å². The van der Waals surface area contributed by atoms with Gasteiger partial charge >= 0.3 is 0 Å². The molecule has 0 heterocycles. The molecule has 0 bridgehead atoms. The lowest BCUT2D eigenvalue weighted by atomic mass is 9.90. The second-order valence-electron chi connectivity index (χ2n) is 5.64. The minimum atomic E-state index is 0.886. The molecule has 0 amide bonds. The SMILES string of the molecule is Nc1c2ccccc2c2ccc3cccc4ccc1c2c43. The first-order valence-electron chi connectivity index (χ1n) is 7.18. The molecule has 5 rings (SSSR count). The third kappa shape index (κ3) is 1.26. The second kappa shape index (κ2) is 3.64. The third-order valence-electron chi connectivity index (χ3n) is 4.57. The molecule has 0 aliphatic rings. The Hall–Kier alpha value is -2.80. The second-order valence-corrected chi connectivity index (χ2v) is 5.64. The van der Waals surface area contributed by atoms with Gasteiger partial charge in [0.2, 0.25) is 0 Å². The fourth-order valence-corrected chi connectivity index (χ4v) is 3.63.